The van der Waals surface area contributed by atoms with Crippen molar-refractivity contribution in [2.75, 3.05) is 40.5 Å². The third kappa shape index (κ3) is 4.96. The summed E-state index contributed by atoms with van der Waals surface area (Å²) in [5.41, 5.74) is 0. The quantitative estimate of drug-likeness (QED) is 0.655. The Morgan fingerprint density at radius 1 is 1.07 bits per heavy atom. The summed E-state index contributed by atoms with van der Waals surface area (Å²) in [6.45, 7) is 3.82. The average Bonchev–Trinajstić information content (AvgIpc) is 2.27. The molecule has 1 saturated carbocycles. The molecular weight excluding hydrogens is 190 g/mol. The van der Waals surface area contributed by atoms with Crippen LogP contribution >= 0.6 is 0 Å². The second kappa shape index (κ2) is 8.08. The van der Waals surface area contributed by atoms with E-state index >= 15 is 0 Å². The molecule has 0 aromatic rings. The van der Waals surface area contributed by atoms with Crippen LogP contribution in [0.25, 0.3) is 0 Å². The molecule has 3 nitrogen and oxygen atoms in total. The lowest BCUT2D eigenvalue weighted by atomic mass is 9.79. The van der Waals surface area contributed by atoms with Gasteiger partial charge in [0.25, 0.3) is 0 Å². The van der Waals surface area contributed by atoms with E-state index in [1.807, 2.05) is 7.11 Å². The largest absolute Gasteiger partial charge is 0.384 e. The highest BCUT2D eigenvalue weighted by atomic mass is 16.5. The summed E-state index contributed by atoms with van der Waals surface area (Å²) in [7, 11) is 3.56. The molecule has 1 fully saturated rings. The number of ether oxygens (including phenoxy) is 2. The predicted molar refractivity (Wildman–Crippen MR) is 62.1 cm³/mol. The number of rotatable bonds is 7. The fourth-order valence-corrected chi connectivity index (χ4v) is 2.45. The zero-order chi connectivity index (χ0) is 10.9. The van der Waals surface area contributed by atoms with Crippen molar-refractivity contribution >= 4 is 0 Å². The van der Waals surface area contributed by atoms with Gasteiger partial charge in [-0.2, -0.15) is 0 Å². The standard InChI is InChI=1S/C12H25NO2/c1-14-8-7-13-9-11-5-3-4-6-12(11)10-15-2/h11-13H,3-10H2,1-2H3. The number of hydrogen-bond donors (Lipinski definition) is 1. The van der Waals surface area contributed by atoms with Crippen molar-refractivity contribution in [2.45, 2.75) is 25.7 Å². The van der Waals surface area contributed by atoms with Gasteiger partial charge < -0.3 is 14.8 Å². The highest BCUT2D eigenvalue weighted by Crippen LogP contribution is 2.29. The Bertz CT molecular complexity index is 151. The van der Waals surface area contributed by atoms with Crippen LogP contribution in [0, 0.1) is 11.8 Å². The van der Waals surface area contributed by atoms with E-state index in [-0.39, 0.29) is 0 Å². The van der Waals surface area contributed by atoms with Gasteiger partial charge in [-0.1, -0.05) is 12.8 Å². The molecule has 0 radical (unpaired) electrons. The molecular formula is C12H25NO2. The van der Waals surface area contributed by atoms with Crippen LogP contribution in [0.2, 0.25) is 0 Å². The normalized spacial score (nSPS) is 26.8. The van der Waals surface area contributed by atoms with Crippen LogP contribution in [0.1, 0.15) is 25.7 Å². The highest BCUT2D eigenvalue weighted by molar-refractivity contribution is 4.76. The Kier molecular flexibility index (Phi) is 6.98. The van der Waals surface area contributed by atoms with Gasteiger partial charge in [0, 0.05) is 27.4 Å². The van der Waals surface area contributed by atoms with Crippen LogP contribution < -0.4 is 5.32 Å². The molecule has 1 aliphatic rings. The predicted octanol–water partition coefficient (Wildman–Crippen LogP) is 1.68. The minimum atomic E-state index is 0.763. The molecule has 0 saturated heterocycles. The minimum Gasteiger partial charge on any atom is -0.384 e. The van der Waals surface area contributed by atoms with Gasteiger partial charge in [-0.3, -0.25) is 0 Å². The summed E-state index contributed by atoms with van der Waals surface area (Å²) in [5.74, 6) is 1.56. The van der Waals surface area contributed by atoms with Crippen LogP contribution in [0.5, 0.6) is 0 Å². The summed E-state index contributed by atoms with van der Waals surface area (Å²) < 4.78 is 10.3. The summed E-state index contributed by atoms with van der Waals surface area (Å²) in [4.78, 5) is 0. The summed E-state index contributed by atoms with van der Waals surface area (Å²) in [6, 6.07) is 0. The first-order chi connectivity index (χ1) is 7.38. The molecule has 1 N–H and O–H groups in total. The maximum atomic E-state index is 5.29. The summed E-state index contributed by atoms with van der Waals surface area (Å²) >= 11 is 0. The fraction of sp³-hybridized carbons (Fsp3) is 1.00. The Labute approximate surface area is 93.5 Å². The summed E-state index contributed by atoms with van der Waals surface area (Å²) in [5, 5.41) is 3.46. The van der Waals surface area contributed by atoms with Crippen LogP contribution in [-0.2, 0) is 9.47 Å². The van der Waals surface area contributed by atoms with Gasteiger partial charge in [-0.15, -0.1) is 0 Å². The van der Waals surface area contributed by atoms with E-state index in [1.165, 1.54) is 25.7 Å². The molecule has 3 heteroatoms. The maximum Gasteiger partial charge on any atom is 0.0587 e. The smallest absolute Gasteiger partial charge is 0.0587 e. The maximum absolute atomic E-state index is 5.29. The van der Waals surface area contributed by atoms with E-state index in [1.54, 1.807) is 7.11 Å². The Morgan fingerprint density at radius 3 is 2.47 bits per heavy atom. The van der Waals surface area contributed by atoms with E-state index in [0.29, 0.717) is 0 Å². The van der Waals surface area contributed by atoms with Gasteiger partial charge in [0.15, 0.2) is 0 Å². The van der Waals surface area contributed by atoms with Crippen molar-refractivity contribution in [3.63, 3.8) is 0 Å². The number of methoxy groups -OCH3 is 2. The molecule has 0 bridgehead atoms. The first-order valence-corrected chi connectivity index (χ1v) is 6.07. The Morgan fingerprint density at radius 2 is 1.80 bits per heavy atom. The van der Waals surface area contributed by atoms with Gasteiger partial charge in [0.05, 0.1) is 6.61 Å². The van der Waals surface area contributed by atoms with Gasteiger partial charge in [-0.25, -0.2) is 0 Å². The van der Waals surface area contributed by atoms with E-state index in [2.05, 4.69) is 5.32 Å². The van der Waals surface area contributed by atoms with Crippen molar-refractivity contribution in [2.24, 2.45) is 11.8 Å². The molecule has 1 rings (SSSR count). The average molecular weight is 215 g/mol. The van der Waals surface area contributed by atoms with E-state index in [9.17, 15) is 0 Å². The first-order valence-electron chi connectivity index (χ1n) is 6.07. The third-order valence-corrected chi connectivity index (χ3v) is 3.34. The molecule has 0 heterocycles. The minimum absolute atomic E-state index is 0.763. The van der Waals surface area contributed by atoms with Crippen molar-refractivity contribution in [1.82, 2.24) is 5.32 Å². The molecule has 2 unspecified atom stereocenters. The lowest BCUT2D eigenvalue weighted by molar-refractivity contribution is 0.0923. The number of nitrogens with one attached hydrogen (secondary N) is 1. The van der Waals surface area contributed by atoms with Crippen LogP contribution in [0.3, 0.4) is 0 Å². The fourth-order valence-electron chi connectivity index (χ4n) is 2.45. The monoisotopic (exact) mass is 215 g/mol. The first kappa shape index (κ1) is 12.9. The molecule has 2 atom stereocenters. The molecule has 0 aliphatic heterocycles. The molecule has 1 aliphatic carbocycles. The second-order valence-electron chi connectivity index (χ2n) is 4.46. The van der Waals surface area contributed by atoms with Crippen LogP contribution in [-0.4, -0.2) is 40.5 Å². The van der Waals surface area contributed by atoms with Gasteiger partial charge in [0.1, 0.15) is 0 Å². The van der Waals surface area contributed by atoms with Crippen LogP contribution in [0.4, 0.5) is 0 Å². The molecule has 15 heavy (non-hydrogen) atoms. The highest BCUT2D eigenvalue weighted by Gasteiger charge is 2.24. The van der Waals surface area contributed by atoms with Crippen molar-refractivity contribution in [3.8, 4) is 0 Å². The Balaban J connectivity index is 2.17. The lowest BCUT2D eigenvalue weighted by Crippen LogP contribution is -2.34. The third-order valence-electron chi connectivity index (χ3n) is 3.34. The van der Waals surface area contributed by atoms with Crippen molar-refractivity contribution in [3.05, 3.63) is 0 Å². The topological polar surface area (TPSA) is 30.5 Å². The SMILES string of the molecule is COCCNCC1CCCCC1COC. The number of hydrogen-bond acceptors (Lipinski definition) is 3. The lowest BCUT2D eigenvalue weighted by Gasteiger charge is -2.31. The van der Waals surface area contributed by atoms with E-state index in [0.717, 1.165) is 38.1 Å². The molecule has 90 valence electrons. The second-order valence-corrected chi connectivity index (χ2v) is 4.46. The van der Waals surface area contributed by atoms with Crippen molar-refractivity contribution in [1.29, 1.82) is 0 Å². The van der Waals surface area contributed by atoms with Gasteiger partial charge >= 0.3 is 0 Å². The molecule has 0 aromatic carbocycles. The van der Waals surface area contributed by atoms with Gasteiger partial charge in [0.2, 0.25) is 0 Å². The molecule has 0 spiro atoms. The molecule has 0 aromatic heterocycles. The zero-order valence-electron chi connectivity index (χ0n) is 10.1. The zero-order valence-corrected chi connectivity index (χ0v) is 10.1. The van der Waals surface area contributed by atoms with E-state index < -0.39 is 0 Å². The van der Waals surface area contributed by atoms with E-state index in [4.69, 9.17) is 9.47 Å². The van der Waals surface area contributed by atoms with Crippen LogP contribution in [0.15, 0.2) is 0 Å². The molecule has 0 amide bonds. The Hall–Kier alpha value is -0.120. The van der Waals surface area contributed by atoms with Crippen molar-refractivity contribution < 1.29 is 9.47 Å². The van der Waals surface area contributed by atoms with Gasteiger partial charge in [-0.05, 0) is 31.2 Å². The summed E-state index contributed by atoms with van der Waals surface area (Å²) in [6.07, 6.45) is 5.46.